The van der Waals surface area contributed by atoms with Gasteiger partial charge in [-0.05, 0) is 70.4 Å². The zero-order chi connectivity index (χ0) is 19.3. The van der Waals surface area contributed by atoms with E-state index >= 15 is 0 Å². The predicted octanol–water partition coefficient (Wildman–Crippen LogP) is 4.97. The van der Waals surface area contributed by atoms with Crippen molar-refractivity contribution in [2.75, 3.05) is 0 Å². The topological polar surface area (TPSA) is 59.3 Å². The number of hydrogen-bond donors (Lipinski definition) is 1. The van der Waals surface area contributed by atoms with Crippen molar-refractivity contribution < 1.29 is 4.79 Å². The largest absolute Gasteiger partial charge is 0.271 e. The van der Waals surface area contributed by atoms with Crippen molar-refractivity contribution in [3.05, 3.63) is 93.0 Å². The van der Waals surface area contributed by atoms with Crippen molar-refractivity contribution in [3.8, 4) is 16.3 Å². The van der Waals surface area contributed by atoms with Crippen molar-refractivity contribution in [2.24, 2.45) is 5.10 Å². The summed E-state index contributed by atoms with van der Waals surface area (Å²) in [5, 5.41) is 10.9. The van der Waals surface area contributed by atoms with E-state index in [-0.39, 0.29) is 5.91 Å². The van der Waals surface area contributed by atoms with E-state index in [0.717, 1.165) is 25.4 Å². The SMILES string of the molecule is O=C(N/N=C\c1cn(-c2ccccc2)nc1-c1cccs1)c1ccc(I)cc1. The smallest absolute Gasteiger partial charge is 0.267 e. The average Bonchev–Trinajstić information content (AvgIpc) is 3.39. The van der Waals surface area contributed by atoms with Crippen LogP contribution < -0.4 is 5.43 Å². The second-order valence-corrected chi connectivity index (χ2v) is 8.09. The summed E-state index contributed by atoms with van der Waals surface area (Å²) < 4.78 is 2.89. The second kappa shape index (κ2) is 8.49. The molecule has 0 aliphatic carbocycles. The molecule has 0 saturated carbocycles. The predicted molar refractivity (Wildman–Crippen MR) is 121 cm³/mol. The summed E-state index contributed by atoms with van der Waals surface area (Å²) in [6.07, 6.45) is 3.54. The lowest BCUT2D eigenvalue weighted by molar-refractivity contribution is 0.0955. The fraction of sp³-hybridized carbons (Fsp3) is 0. The van der Waals surface area contributed by atoms with Gasteiger partial charge >= 0.3 is 0 Å². The monoisotopic (exact) mass is 498 g/mol. The number of halogens is 1. The van der Waals surface area contributed by atoms with E-state index in [1.807, 2.05) is 70.9 Å². The molecule has 28 heavy (non-hydrogen) atoms. The first-order valence-electron chi connectivity index (χ1n) is 8.48. The molecule has 5 nitrogen and oxygen atoms in total. The summed E-state index contributed by atoms with van der Waals surface area (Å²) in [5.74, 6) is -0.249. The zero-order valence-corrected chi connectivity index (χ0v) is 17.6. The standard InChI is InChI=1S/C21H15IN4OS/c22-17-10-8-15(9-11-17)21(27)24-23-13-16-14-26(18-5-2-1-3-6-18)25-20(16)19-7-4-12-28-19/h1-14H,(H,24,27)/b23-13-. The van der Waals surface area contributed by atoms with Crippen LogP contribution in [0, 0.1) is 3.57 Å². The molecule has 2 aromatic heterocycles. The van der Waals surface area contributed by atoms with Crippen LogP contribution in [0.3, 0.4) is 0 Å². The highest BCUT2D eigenvalue weighted by Gasteiger charge is 2.12. The molecule has 0 spiro atoms. The van der Waals surface area contributed by atoms with E-state index in [2.05, 4.69) is 33.1 Å². The average molecular weight is 498 g/mol. The molecule has 0 saturated heterocycles. The molecule has 4 rings (SSSR count). The molecule has 2 heterocycles. The lowest BCUT2D eigenvalue weighted by Crippen LogP contribution is -2.17. The molecule has 0 bridgehead atoms. The first-order valence-corrected chi connectivity index (χ1v) is 10.4. The number of nitrogens with one attached hydrogen (secondary N) is 1. The van der Waals surface area contributed by atoms with Crippen molar-refractivity contribution in [3.63, 3.8) is 0 Å². The third-order valence-corrected chi connectivity index (χ3v) is 5.59. The highest BCUT2D eigenvalue weighted by Crippen LogP contribution is 2.26. The Labute approximate surface area is 179 Å². The van der Waals surface area contributed by atoms with E-state index in [1.54, 1.807) is 29.7 Å². The van der Waals surface area contributed by atoms with Gasteiger partial charge in [-0.1, -0.05) is 24.3 Å². The number of carbonyl (C=O) groups excluding carboxylic acids is 1. The van der Waals surface area contributed by atoms with Gasteiger partial charge in [0.05, 0.1) is 16.8 Å². The number of para-hydroxylation sites is 1. The Balaban J connectivity index is 1.59. The minimum Gasteiger partial charge on any atom is -0.267 e. The van der Waals surface area contributed by atoms with Crippen LogP contribution in [-0.2, 0) is 0 Å². The summed E-state index contributed by atoms with van der Waals surface area (Å²) in [7, 11) is 0. The van der Waals surface area contributed by atoms with Gasteiger partial charge in [0.2, 0.25) is 0 Å². The first kappa shape index (κ1) is 18.6. The minimum atomic E-state index is -0.249. The van der Waals surface area contributed by atoms with Crippen molar-refractivity contribution in [1.82, 2.24) is 15.2 Å². The van der Waals surface area contributed by atoms with Gasteiger partial charge in [-0.2, -0.15) is 10.2 Å². The van der Waals surface area contributed by atoms with Crippen molar-refractivity contribution >= 4 is 46.0 Å². The molecular formula is C21H15IN4OS. The van der Waals surface area contributed by atoms with Crippen LogP contribution in [0.1, 0.15) is 15.9 Å². The van der Waals surface area contributed by atoms with E-state index in [4.69, 9.17) is 5.10 Å². The Morgan fingerprint density at radius 3 is 2.57 bits per heavy atom. The van der Waals surface area contributed by atoms with Crippen LogP contribution in [0.4, 0.5) is 0 Å². The van der Waals surface area contributed by atoms with Gasteiger partial charge < -0.3 is 0 Å². The summed E-state index contributed by atoms with van der Waals surface area (Å²) in [6, 6.07) is 21.2. The third-order valence-electron chi connectivity index (χ3n) is 3.99. The Bertz CT molecular complexity index is 1100. The molecule has 1 N–H and O–H groups in total. The van der Waals surface area contributed by atoms with Crippen LogP contribution in [-0.4, -0.2) is 21.9 Å². The number of thiophene rings is 1. The molecule has 7 heteroatoms. The van der Waals surface area contributed by atoms with Crippen molar-refractivity contribution in [1.29, 1.82) is 0 Å². The number of benzene rings is 2. The number of hydrogen-bond acceptors (Lipinski definition) is 4. The normalized spacial score (nSPS) is 11.0. The molecule has 0 aliphatic heterocycles. The quantitative estimate of drug-likeness (QED) is 0.240. The number of rotatable bonds is 5. The van der Waals surface area contributed by atoms with E-state index in [1.165, 1.54) is 0 Å². The van der Waals surface area contributed by atoms with Crippen LogP contribution in [0.25, 0.3) is 16.3 Å². The number of hydrazone groups is 1. The Morgan fingerprint density at radius 2 is 1.86 bits per heavy atom. The second-order valence-electron chi connectivity index (χ2n) is 5.90. The zero-order valence-electron chi connectivity index (χ0n) is 14.6. The first-order chi connectivity index (χ1) is 13.7. The van der Waals surface area contributed by atoms with Gasteiger partial charge in [-0.25, -0.2) is 10.1 Å². The summed E-state index contributed by atoms with van der Waals surface area (Å²) in [6.45, 7) is 0. The van der Waals surface area contributed by atoms with Gasteiger partial charge in [0, 0.05) is 20.9 Å². The molecular weight excluding hydrogens is 483 g/mol. The van der Waals surface area contributed by atoms with Gasteiger partial charge in [0.1, 0.15) is 5.69 Å². The van der Waals surface area contributed by atoms with Crippen LogP contribution in [0.2, 0.25) is 0 Å². The Kier molecular flexibility index (Phi) is 5.63. The Hall–Kier alpha value is -2.78. The number of carbonyl (C=O) groups is 1. The van der Waals surface area contributed by atoms with Gasteiger partial charge in [-0.15, -0.1) is 11.3 Å². The summed E-state index contributed by atoms with van der Waals surface area (Å²) in [4.78, 5) is 13.3. The van der Waals surface area contributed by atoms with Gasteiger partial charge in [-0.3, -0.25) is 4.79 Å². The third kappa shape index (κ3) is 4.20. The summed E-state index contributed by atoms with van der Waals surface area (Å²) >= 11 is 3.81. The molecule has 2 aromatic carbocycles. The van der Waals surface area contributed by atoms with Crippen molar-refractivity contribution in [2.45, 2.75) is 0 Å². The maximum atomic E-state index is 12.2. The van der Waals surface area contributed by atoms with Gasteiger partial charge in [0.25, 0.3) is 5.91 Å². The van der Waals surface area contributed by atoms with E-state index in [9.17, 15) is 4.79 Å². The number of amides is 1. The highest BCUT2D eigenvalue weighted by molar-refractivity contribution is 14.1. The number of aromatic nitrogens is 2. The molecule has 0 atom stereocenters. The maximum Gasteiger partial charge on any atom is 0.271 e. The summed E-state index contributed by atoms with van der Waals surface area (Å²) in [5.41, 5.74) is 5.76. The number of nitrogens with zero attached hydrogens (tertiary/aromatic N) is 3. The molecule has 0 radical (unpaired) electrons. The van der Waals surface area contributed by atoms with Crippen LogP contribution >= 0.6 is 33.9 Å². The molecule has 0 unspecified atom stereocenters. The Morgan fingerprint density at radius 1 is 1.07 bits per heavy atom. The fourth-order valence-corrected chi connectivity index (χ4v) is 3.72. The molecule has 0 aliphatic rings. The molecule has 138 valence electrons. The lowest BCUT2D eigenvalue weighted by Gasteiger charge is -1.99. The molecule has 4 aromatic rings. The van der Waals surface area contributed by atoms with E-state index < -0.39 is 0 Å². The minimum absolute atomic E-state index is 0.249. The maximum absolute atomic E-state index is 12.2. The van der Waals surface area contributed by atoms with Crippen LogP contribution in [0.15, 0.2) is 83.4 Å². The highest BCUT2D eigenvalue weighted by atomic mass is 127. The van der Waals surface area contributed by atoms with E-state index in [0.29, 0.717) is 5.56 Å². The van der Waals surface area contributed by atoms with Gasteiger partial charge in [0.15, 0.2) is 0 Å². The fourth-order valence-electron chi connectivity index (χ4n) is 2.63. The lowest BCUT2D eigenvalue weighted by atomic mass is 10.2. The molecule has 0 fully saturated rings. The van der Waals surface area contributed by atoms with Crippen LogP contribution in [0.5, 0.6) is 0 Å². The molecule has 1 amide bonds.